The first-order chi connectivity index (χ1) is 11.8. The summed E-state index contributed by atoms with van der Waals surface area (Å²) >= 11 is 0. The molecule has 4 heteroatoms. The first-order valence-electron chi connectivity index (χ1n) is 8.64. The molecule has 4 nitrogen and oxygen atoms in total. The summed E-state index contributed by atoms with van der Waals surface area (Å²) in [6.45, 7) is 6.72. The van der Waals surface area contributed by atoms with E-state index in [1.165, 1.54) is 0 Å². The number of rotatable bonds is 2. The molecular weight excluding hydrogens is 300 g/mol. The van der Waals surface area contributed by atoms with Gasteiger partial charge in [0.15, 0.2) is 0 Å². The topological polar surface area (TPSA) is 32.8 Å². The van der Waals surface area contributed by atoms with Crippen LogP contribution in [0.4, 0.5) is 0 Å². The number of carbonyl (C=O) groups excluding carboxylic acids is 1. The number of hydrogen-bond acceptors (Lipinski definition) is 3. The van der Waals surface area contributed by atoms with Crippen molar-refractivity contribution in [2.75, 3.05) is 32.7 Å². The molecule has 1 fully saturated rings. The van der Waals surface area contributed by atoms with E-state index >= 15 is 0 Å². The molecule has 0 bridgehead atoms. The average Bonchev–Trinajstić information content (AvgIpc) is 2.65. The zero-order valence-electron chi connectivity index (χ0n) is 13.9. The predicted molar refractivity (Wildman–Crippen MR) is 93.5 cm³/mol. The van der Waals surface area contributed by atoms with E-state index in [2.05, 4.69) is 11.8 Å². The quantitative estimate of drug-likeness (QED) is 0.852. The van der Waals surface area contributed by atoms with Crippen molar-refractivity contribution in [3.05, 3.63) is 59.7 Å². The van der Waals surface area contributed by atoms with Gasteiger partial charge < -0.3 is 14.5 Å². The second kappa shape index (κ2) is 6.29. The van der Waals surface area contributed by atoms with E-state index in [1.807, 2.05) is 53.4 Å². The van der Waals surface area contributed by atoms with E-state index < -0.39 is 0 Å². The van der Waals surface area contributed by atoms with Gasteiger partial charge in [-0.1, -0.05) is 43.3 Å². The van der Waals surface area contributed by atoms with Crippen LogP contribution in [0.5, 0.6) is 11.5 Å². The molecule has 0 unspecified atom stereocenters. The van der Waals surface area contributed by atoms with Crippen LogP contribution >= 0.6 is 0 Å². The van der Waals surface area contributed by atoms with Crippen molar-refractivity contribution in [3.8, 4) is 11.5 Å². The molecule has 0 aromatic heterocycles. The van der Waals surface area contributed by atoms with Crippen molar-refractivity contribution in [1.29, 1.82) is 0 Å². The number of carbonyl (C=O) groups is 1. The van der Waals surface area contributed by atoms with Crippen molar-refractivity contribution in [2.24, 2.45) is 0 Å². The predicted octanol–water partition coefficient (Wildman–Crippen LogP) is 3.09. The number of hydrogen-bond donors (Lipinski definition) is 0. The number of amides is 1. The zero-order chi connectivity index (χ0) is 16.5. The SMILES string of the molecule is CCN1CCN(C(=O)C2c3ccccc3Oc3ccccc32)CC1. The Bertz CT molecular complexity index is 705. The van der Waals surface area contributed by atoms with Crippen LogP contribution in [0.3, 0.4) is 0 Å². The van der Waals surface area contributed by atoms with Crippen molar-refractivity contribution >= 4 is 5.91 Å². The van der Waals surface area contributed by atoms with E-state index in [4.69, 9.17) is 4.74 Å². The normalized spacial score (nSPS) is 17.8. The Labute approximate surface area is 142 Å². The second-order valence-corrected chi connectivity index (χ2v) is 6.37. The largest absolute Gasteiger partial charge is 0.457 e. The Morgan fingerprint density at radius 2 is 1.50 bits per heavy atom. The molecule has 2 heterocycles. The summed E-state index contributed by atoms with van der Waals surface area (Å²) in [5.74, 6) is 1.51. The lowest BCUT2D eigenvalue weighted by Gasteiger charge is -2.37. The van der Waals surface area contributed by atoms with Crippen LogP contribution in [0.25, 0.3) is 0 Å². The Hall–Kier alpha value is -2.33. The van der Waals surface area contributed by atoms with Gasteiger partial charge in [-0.2, -0.15) is 0 Å². The second-order valence-electron chi connectivity index (χ2n) is 6.37. The highest BCUT2D eigenvalue weighted by Gasteiger charge is 2.35. The van der Waals surface area contributed by atoms with Crippen LogP contribution < -0.4 is 4.74 Å². The third kappa shape index (κ3) is 2.57. The van der Waals surface area contributed by atoms with Gasteiger partial charge in [0.05, 0.1) is 5.92 Å². The van der Waals surface area contributed by atoms with E-state index in [1.54, 1.807) is 0 Å². The minimum atomic E-state index is -0.265. The number of fused-ring (bicyclic) bond motifs is 2. The summed E-state index contributed by atoms with van der Waals surface area (Å²) in [5, 5.41) is 0. The highest BCUT2D eigenvalue weighted by molar-refractivity contribution is 5.89. The van der Waals surface area contributed by atoms with Gasteiger partial charge in [-0.25, -0.2) is 0 Å². The monoisotopic (exact) mass is 322 g/mol. The van der Waals surface area contributed by atoms with Crippen LogP contribution in [-0.2, 0) is 4.79 Å². The Morgan fingerprint density at radius 1 is 0.958 bits per heavy atom. The number of piperazine rings is 1. The summed E-state index contributed by atoms with van der Waals surface area (Å²) in [6, 6.07) is 15.8. The maximum absolute atomic E-state index is 13.3. The number of nitrogens with zero attached hydrogens (tertiary/aromatic N) is 2. The molecule has 0 atom stereocenters. The third-order valence-corrected chi connectivity index (χ3v) is 5.06. The van der Waals surface area contributed by atoms with Gasteiger partial charge in [0.2, 0.25) is 5.91 Å². The highest BCUT2D eigenvalue weighted by Crippen LogP contribution is 2.44. The molecule has 0 spiro atoms. The lowest BCUT2D eigenvalue weighted by atomic mass is 9.86. The molecule has 2 aliphatic heterocycles. The van der Waals surface area contributed by atoms with E-state index in [0.717, 1.165) is 55.3 Å². The maximum atomic E-state index is 13.3. The fraction of sp³-hybridized carbons (Fsp3) is 0.350. The molecule has 2 aromatic rings. The molecule has 124 valence electrons. The van der Waals surface area contributed by atoms with Crippen LogP contribution in [0.15, 0.2) is 48.5 Å². The summed E-state index contributed by atoms with van der Waals surface area (Å²) in [7, 11) is 0. The van der Waals surface area contributed by atoms with Crippen LogP contribution in [0.2, 0.25) is 0 Å². The smallest absolute Gasteiger partial charge is 0.234 e. The molecule has 0 radical (unpaired) electrons. The molecular formula is C20H22N2O2. The maximum Gasteiger partial charge on any atom is 0.234 e. The molecule has 24 heavy (non-hydrogen) atoms. The Kier molecular flexibility index (Phi) is 3.98. The average molecular weight is 322 g/mol. The van der Waals surface area contributed by atoms with Gasteiger partial charge in [-0.05, 0) is 18.7 Å². The van der Waals surface area contributed by atoms with E-state index in [9.17, 15) is 4.79 Å². The van der Waals surface area contributed by atoms with E-state index in [-0.39, 0.29) is 11.8 Å². The van der Waals surface area contributed by atoms with Gasteiger partial charge >= 0.3 is 0 Å². The lowest BCUT2D eigenvalue weighted by molar-refractivity contribution is -0.133. The third-order valence-electron chi connectivity index (χ3n) is 5.06. The van der Waals surface area contributed by atoms with Gasteiger partial charge in [-0.15, -0.1) is 0 Å². The van der Waals surface area contributed by atoms with Crippen LogP contribution in [0, 0.1) is 0 Å². The molecule has 1 amide bonds. The molecule has 0 aliphatic carbocycles. The van der Waals surface area contributed by atoms with Crippen LogP contribution in [0.1, 0.15) is 24.0 Å². The van der Waals surface area contributed by atoms with Crippen molar-refractivity contribution in [2.45, 2.75) is 12.8 Å². The van der Waals surface area contributed by atoms with Crippen molar-refractivity contribution < 1.29 is 9.53 Å². The minimum absolute atomic E-state index is 0.189. The van der Waals surface area contributed by atoms with E-state index in [0.29, 0.717) is 0 Å². The summed E-state index contributed by atoms with van der Waals surface area (Å²) in [6.07, 6.45) is 0. The Morgan fingerprint density at radius 3 is 2.04 bits per heavy atom. The first kappa shape index (κ1) is 15.2. The number of para-hydroxylation sites is 2. The van der Waals surface area contributed by atoms with Gasteiger partial charge in [0.1, 0.15) is 11.5 Å². The highest BCUT2D eigenvalue weighted by atomic mass is 16.5. The number of benzene rings is 2. The van der Waals surface area contributed by atoms with Gasteiger partial charge in [0.25, 0.3) is 0 Å². The van der Waals surface area contributed by atoms with Crippen molar-refractivity contribution in [1.82, 2.24) is 9.80 Å². The summed E-state index contributed by atoms with van der Waals surface area (Å²) in [5.41, 5.74) is 1.94. The molecule has 0 saturated carbocycles. The zero-order valence-corrected chi connectivity index (χ0v) is 13.9. The molecule has 0 N–H and O–H groups in total. The van der Waals surface area contributed by atoms with Gasteiger partial charge in [0, 0.05) is 37.3 Å². The number of ether oxygens (including phenoxy) is 1. The van der Waals surface area contributed by atoms with Crippen molar-refractivity contribution in [3.63, 3.8) is 0 Å². The molecule has 2 aromatic carbocycles. The standard InChI is InChI=1S/C20H22N2O2/c1-2-21-11-13-22(14-12-21)20(23)19-15-7-3-5-9-17(15)24-18-10-6-4-8-16(18)19/h3-10,19H,2,11-14H2,1H3. The lowest BCUT2D eigenvalue weighted by Crippen LogP contribution is -2.50. The van der Waals surface area contributed by atoms with Gasteiger partial charge in [-0.3, -0.25) is 4.79 Å². The number of likely N-dealkylation sites (N-methyl/N-ethyl adjacent to an activating group) is 1. The fourth-order valence-electron chi connectivity index (χ4n) is 3.64. The molecule has 4 rings (SSSR count). The summed E-state index contributed by atoms with van der Waals surface area (Å²) in [4.78, 5) is 17.7. The van der Waals surface area contributed by atoms with Crippen LogP contribution in [-0.4, -0.2) is 48.4 Å². The minimum Gasteiger partial charge on any atom is -0.457 e. The molecule has 1 saturated heterocycles. The fourth-order valence-corrected chi connectivity index (χ4v) is 3.64. The Balaban J connectivity index is 1.68. The summed E-state index contributed by atoms with van der Waals surface area (Å²) < 4.78 is 6.00. The first-order valence-corrected chi connectivity index (χ1v) is 8.64. The molecule has 2 aliphatic rings.